The molecule has 0 aromatic heterocycles. The highest BCUT2D eigenvalue weighted by Crippen LogP contribution is 2.27. The molecule has 3 heteroatoms. The van der Waals surface area contributed by atoms with Gasteiger partial charge in [0.2, 0.25) is 0 Å². The number of hydrogen-bond acceptors (Lipinski definition) is 2. The van der Waals surface area contributed by atoms with E-state index in [-0.39, 0.29) is 5.82 Å². The zero-order valence-corrected chi connectivity index (χ0v) is 10.5. The Kier molecular flexibility index (Phi) is 4.00. The fraction of sp³-hybridized carbons (Fsp3) is 0.571. The number of hydrogen-bond donors (Lipinski definition) is 1. The van der Waals surface area contributed by atoms with Crippen LogP contribution in [0.2, 0.25) is 0 Å². The molecule has 94 valence electrons. The van der Waals surface area contributed by atoms with E-state index in [9.17, 15) is 4.39 Å². The zero-order valence-electron chi connectivity index (χ0n) is 10.5. The van der Waals surface area contributed by atoms with Gasteiger partial charge >= 0.3 is 0 Å². The maximum absolute atomic E-state index is 13.7. The van der Waals surface area contributed by atoms with Gasteiger partial charge < -0.3 is 5.73 Å². The molecule has 0 heterocycles. The highest BCUT2D eigenvalue weighted by Gasteiger charge is 2.20. The van der Waals surface area contributed by atoms with Crippen molar-refractivity contribution >= 4 is 5.69 Å². The lowest BCUT2D eigenvalue weighted by atomic mass is 9.85. The van der Waals surface area contributed by atoms with Crippen molar-refractivity contribution < 1.29 is 4.39 Å². The van der Waals surface area contributed by atoms with Crippen LogP contribution in [0.15, 0.2) is 18.2 Å². The quantitative estimate of drug-likeness (QED) is 0.796. The number of benzene rings is 1. The van der Waals surface area contributed by atoms with E-state index in [1.54, 1.807) is 12.1 Å². The molecular formula is C14H21FN2. The van der Waals surface area contributed by atoms with Crippen molar-refractivity contribution in [2.75, 3.05) is 18.8 Å². The average molecular weight is 236 g/mol. The summed E-state index contributed by atoms with van der Waals surface area (Å²) < 4.78 is 13.7. The Morgan fingerprint density at radius 3 is 2.71 bits per heavy atom. The maximum atomic E-state index is 13.7. The molecule has 0 atom stereocenters. The predicted molar refractivity (Wildman–Crippen MR) is 69.1 cm³/mol. The third-order valence-electron chi connectivity index (χ3n) is 3.66. The molecule has 0 unspecified atom stereocenters. The number of anilines is 1. The first-order chi connectivity index (χ1) is 8.19. The number of rotatable bonds is 5. The molecule has 0 spiro atoms. The lowest BCUT2D eigenvalue weighted by molar-refractivity contribution is 0.177. The lowest BCUT2D eigenvalue weighted by Gasteiger charge is -2.31. The van der Waals surface area contributed by atoms with Gasteiger partial charge in [0.1, 0.15) is 5.82 Å². The minimum absolute atomic E-state index is 0.183. The van der Waals surface area contributed by atoms with E-state index in [0.717, 1.165) is 24.6 Å². The van der Waals surface area contributed by atoms with Crippen molar-refractivity contribution in [3.8, 4) is 0 Å². The first-order valence-corrected chi connectivity index (χ1v) is 6.45. The van der Waals surface area contributed by atoms with Crippen LogP contribution in [0.5, 0.6) is 0 Å². The minimum atomic E-state index is -0.183. The molecule has 1 saturated carbocycles. The summed E-state index contributed by atoms with van der Waals surface area (Å²) in [6, 6.07) is 4.98. The second kappa shape index (κ2) is 5.50. The fourth-order valence-electron chi connectivity index (χ4n) is 2.28. The van der Waals surface area contributed by atoms with Gasteiger partial charge in [-0.1, -0.05) is 19.4 Å². The third-order valence-corrected chi connectivity index (χ3v) is 3.66. The smallest absolute Gasteiger partial charge is 0.129 e. The Labute approximate surface area is 103 Å². The summed E-state index contributed by atoms with van der Waals surface area (Å²) in [5, 5.41) is 0. The van der Waals surface area contributed by atoms with Crippen LogP contribution >= 0.6 is 0 Å². The molecule has 2 nitrogen and oxygen atoms in total. The molecule has 1 aliphatic carbocycles. The Bertz CT molecular complexity index is 374. The standard InChI is InChI=1S/C14H21FN2/c1-2-17(9-11-4-3-5-11)10-12-6-7-13(16)8-14(12)15/h6-8,11H,2-5,9-10,16H2,1H3. The Morgan fingerprint density at radius 1 is 1.41 bits per heavy atom. The fourth-order valence-corrected chi connectivity index (χ4v) is 2.28. The summed E-state index contributed by atoms with van der Waals surface area (Å²) in [6.07, 6.45) is 4.03. The molecule has 0 bridgehead atoms. The Balaban J connectivity index is 1.96. The van der Waals surface area contributed by atoms with E-state index >= 15 is 0 Å². The van der Waals surface area contributed by atoms with Crippen LogP contribution in [0.4, 0.5) is 10.1 Å². The van der Waals surface area contributed by atoms with Crippen molar-refractivity contribution in [2.45, 2.75) is 32.7 Å². The average Bonchev–Trinajstić information content (AvgIpc) is 2.24. The van der Waals surface area contributed by atoms with Crippen LogP contribution in [0, 0.1) is 11.7 Å². The summed E-state index contributed by atoms with van der Waals surface area (Å²) in [4.78, 5) is 2.32. The Hall–Kier alpha value is -1.09. The second-order valence-corrected chi connectivity index (χ2v) is 4.98. The molecule has 17 heavy (non-hydrogen) atoms. The lowest BCUT2D eigenvalue weighted by Crippen LogP contribution is -2.32. The van der Waals surface area contributed by atoms with Crippen molar-refractivity contribution in [3.63, 3.8) is 0 Å². The van der Waals surface area contributed by atoms with E-state index in [1.807, 2.05) is 0 Å². The topological polar surface area (TPSA) is 29.3 Å². The zero-order chi connectivity index (χ0) is 12.3. The Morgan fingerprint density at radius 2 is 2.18 bits per heavy atom. The van der Waals surface area contributed by atoms with Gasteiger partial charge in [-0.15, -0.1) is 0 Å². The van der Waals surface area contributed by atoms with Gasteiger partial charge in [-0.05, 0) is 37.4 Å². The summed E-state index contributed by atoms with van der Waals surface area (Å²) in [5.41, 5.74) is 6.79. The highest BCUT2D eigenvalue weighted by atomic mass is 19.1. The summed E-state index contributed by atoms with van der Waals surface area (Å²) in [7, 11) is 0. The van der Waals surface area contributed by atoms with Crippen molar-refractivity contribution in [1.29, 1.82) is 0 Å². The van der Waals surface area contributed by atoms with Crippen LogP contribution in [0.1, 0.15) is 31.7 Å². The molecule has 1 fully saturated rings. The molecule has 1 aromatic rings. The second-order valence-electron chi connectivity index (χ2n) is 4.98. The van der Waals surface area contributed by atoms with Crippen molar-refractivity contribution in [2.24, 2.45) is 5.92 Å². The van der Waals surface area contributed by atoms with E-state index < -0.39 is 0 Å². The van der Waals surface area contributed by atoms with Gasteiger partial charge in [-0.2, -0.15) is 0 Å². The van der Waals surface area contributed by atoms with Gasteiger partial charge in [0.25, 0.3) is 0 Å². The number of nitrogen functional groups attached to an aromatic ring is 1. The van der Waals surface area contributed by atoms with Crippen LogP contribution in [0.25, 0.3) is 0 Å². The number of halogens is 1. The van der Waals surface area contributed by atoms with E-state index in [0.29, 0.717) is 12.2 Å². The van der Waals surface area contributed by atoms with Gasteiger partial charge in [0.05, 0.1) is 0 Å². The summed E-state index contributed by atoms with van der Waals surface area (Å²) in [5.74, 6) is 0.642. The van der Waals surface area contributed by atoms with Crippen LogP contribution in [-0.2, 0) is 6.54 Å². The van der Waals surface area contributed by atoms with E-state index in [4.69, 9.17) is 5.73 Å². The number of nitrogens with zero attached hydrogens (tertiary/aromatic N) is 1. The number of nitrogens with two attached hydrogens (primary N) is 1. The largest absolute Gasteiger partial charge is 0.399 e. The molecule has 1 aliphatic rings. The van der Waals surface area contributed by atoms with Crippen LogP contribution in [0.3, 0.4) is 0 Å². The first kappa shape index (κ1) is 12.4. The maximum Gasteiger partial charge on any atom is 0.129 e. The van der Waals surface area contributed by atoms with Crippen molar-refractivity contribution in [1.82, 2.24) is 4.90 Å². The molecule has 0 saturated heterocycles. The van der Waals surface area contributed by atoms with E-state index in [2.05, 4.69) is 11.8 Å². The molecule has 0 radical (unpaired) electrons. The van der Waals surface area contributed by atoms with Crippen LogP contribution < -0.4 is 5.73 Å². The minimum Gasteiger partial charge on any atom is -0.399 e. The van der Waals surface area contributed by atoms with Gasteiger partial charge in [-0.25, -0.2) is 4.39 Å². The SMILES string of the molecule is CCN(Cc1ccc(N)cc1F)CC1CCC1. The first-order valence-electron chi connectivity index (χ1n) is 6.45. The van der Waals surface area contributed by atoms with Crippen molar-refractivity contribution in [3.05, 3.63) is 29.6 Å². The monoisotopic (exact) mass is 236 g/mol. The van der Waals surface area contributed by atoms with Gasteiger partial charge in [0.15, 0.2) is 0 Å². The summed E-state index contributed by atoms with van der Waals surface area (Å²) >= 11 is 0. The molecule has 1 aromatic carbocycles. The third kappa shape index (κ3) is 3.19. The molecule has 2 rings (SSSR count). The summed E-state index contributed by atoms with van der Waals surface area (Å²) in [6.45, 7) is 4.90. The molecular weight excluding hydrogens is 215 g/mol. The molecule has 0 aliphatic heterocycles. The normalized spacial score (nSPS) is 16.2. The predicted octanol–water partition coefficient (Wildman–Crippen LogP) is 3.03. The molecule has 0 amide bonds. The highest BCUT2D eigenvalue weighted by molar-refractivity contribution is 5.40. The van der Waals surface area contributed by atoms with Gasteiger partial charge in [-0.3, -0.25) is 4.90 Å². The molecule has 2 N–H and O–H groups in total. The van der Waals surface area contributed by atoms with Gasteiger partial charge in [0, 0.05) is 24.3 Å². The van der Waals surface area contributed by atoms with E-state index in [1.165, 1.54) is 25.3 Å². The van der Waals surface area contributed by atoms with Crippen LogP contribution in [-0.4, -0.2) is 18.0 Å².